The molecule has 10 atom stereocenters. The number of hydrogen-bond donors (Lipinski definition) is 10. The minimum absolute atomic E-state index is 0.235. The second-order valence-electron chi connectivity index (χ2n) is 10.7. The zero-order valence-electron chi connectivity index (χ0n) is 22.9. The molecule has 2 aliphatic rings. The molecule has 0 aromatic rings. The topological polar surface area (TPSA) is 238 Å². The van der Waals surface area contributed by atoms with Crippen molar-refractivity contribution in [2.45, 2.75) is 138 Å². The third-order valence-corrected chi connectivity index (χ3v) is 7.45. The van der Waals surface area contributed by atoms with Gasteiger partial charge in [-0.25, -0.2) is 0 Å². The van der Waals surface area contributed by atoms with Gasteiger partial charge in [0.1, 0.15) is 48.8 Å². The van der Waals surface area contributed by atoms with E-state index in [1.54, 1.807) is 0 Å². The average molecular weight is 581 g/mol. The van der Waals surface area contributed by atoms with Crippen molar-refractivity contribution >= 4 is 11.8 Å². The van der Waals surface area contributed by atoms with E-state index in [1.807, 2.05) is 0 Å². The highest BCUT2D eigenvalue weighted by Crippen LogP contribution is 2.21. The molecule has 14 heteroatoms. The Labute approximate surface area is 234 Å². The van der Waals surface area contributed by atoms with E-state index in [9.17, 15) is 50.4 Å². The molecule has 14 nitrogen and oxygen atoms in total. The standard InChI is InChI=1S/C26H48N2O12/c29-13-15-19(33)21(35)23(37)25(39-15)27-17(31)11-9-7-5-3-1-2-4-6-8-10-12-18(32)28-26-24(38)22(36)20(34)16(14-30)40-26/h15-16,19-26,29-30,33-38H,1-14H2,(H,27,31)(H,28,32)/t15-,16-,19+,20+,21+,22+,23-,24-,25-,26-/m1/s1. The minimum Gasteiger partial charge on any atom is -0.394 e. The van der Waals surface area contributed by atoms with Gasteiger partial charge in [-0.05, 0) is 12.8 Å². The predicted octanol–water partition coefficient (Wildman–Crippen LogP) is -2.50. The highest BCUT2D eigenvalue weighted by atomic mass is 16.6. The third-order valence-electron chi connectivity index (χ3n) is 7.45. The molecule has 10 N–H and O–H groups in total. The Morgan fingerprint density at radius 1 is 0.475 bits per heavy atom. The summed E-state index contributed by atoms with van der Waals surface area (Å²) in [5.74, 6) is -0.683. The van der Waals surface area contributed by atoms with Crippen molar-refractivity contribution in [3.8, 4) is 0 Å². The second kappa shape index (κ2) is 18.2. The van der Waals surface area contributed by atoms with Gasteiger partial charge in [-0.1, -0.05) is 51.4 Å². The molecule has 40 heavy (non-hydrogen) atoms. The summed E-state index contributed by atoms with van der Waals surface area (Å²) in [6, 6.07) is 0. The molecule has 2 heterocycles. The molecule has 0 radical (unpaired) electrons. The van der Waals surface area contributed by atoms with Gasteiger partial charge in [0.15, 0.2) is 12.5 Å². The van der Waals surface area contributed by atoms with Crippen LogP contribution < -0.4 is 10.6 Å². The van der Waals surface area contributed by atoms with E-state index in [0.29, 0.717) is 12.8 Å². The Morgan fingerprint density at radius 3 is 1.07 bits per heavy atom. The summed E-state index contributed by atoms with van der Waals surface area (Å²) < 4.78 is 10.5. The lowest BCUT2D eigenvalue weighted by Gasteiger charge is -2.40. The average Bonchev–Trinajstić information content (AvgIpc) is 2.94. The van der Waals surface area contributed by atoms with E-state index in [2.05, 4.69) is 10.6 Å². The molecule has 234 valence electrons. The monoisotopic (exact) mass is 580 g/mol. The number of rotatable bonds is 17. The molecular weight excluding hydrogens is 532 g/mol. The van der Waals surface area contributed by atoms with Crippen molar-refractivity contribution in [1.82, 2.24) is 10.6 Å². The van der Waals surface area contributed by atoms with Crippen LogP contribution in [0.25, 0.3) is 0 Å². The van der Waals surface area contributed by atoms with E-state index in [1.165, 1.54) is 0 Å². The van der Waals surface area contributed by atoms with Crippen LogP contribution in [0, 0.1) is 0 Å². The second-order valence-corrected chi connectivity index (χ2v) is 10.7. The highest BCUT2D eigenvalue weighted by molar-refractivity contribution is 5.76. The van der Waals surface area contributed by atoms with Gasteiger partial charge in [-0.3, -0.25) is 9.59 Å². The largest absolute Gasteiger partial charge is 0.394 e. The Kier molecular flexibility index (Phi) is 15.8. The maximum absolute atomic E-state index is 12.1. The van der Waals surface area contributed by atoms with E-state index in [0.717, 1.165) is 51.4 Å². The Balaban J connectivity index is 1.43. The van der Waals surface area contributed by atoms with Crippen LogP contribution in [0.4, 0.5) is 0 Å². The van der Waals surface area contributed by atoms with Crippen LogP contribution in [-0.4, -0.2) is 127 Å². The van der Waals surface area contributed by atoms with Crippen LogP contribution >= 0.6 is 0 Å². The van der Waals surface area contributed by atoms with Crippen molar-refractivity contribution in [2.75, 3.05) is 13.2 Å². The fourth-order valence-electron chi connectivity index (χ4n) is 4.89. The van der Waals surface area contributed by atoms with E-state index < -0.39 is 74.5 Å². The fourth-order valence-corrected chi connectivity index (χ4v) is 4.89. The molecule has 2 aliphatic heterocycles. The number of carbonyl (C=O) groups is 2. The molecule has 0 saturated carbocycles. The zero-order chi connectivity index (χ0) is 29.7. The lowest BCUT2D eigenvalue weighted by atomic mass is 9.98. The quantitative estimate of drug-likeness (QED) is 0.0804. The smallest absolute Gasteiger partial charge is 0.222 e. The van der Waals surface area contributed by atoms with Gasteiger partial charge in [-0.15, -0.1) is 0 Å². The number of ether oxygens (including phenoxy) is 2. The van der Waals surface area contributed by atoms with Crippen molar-refractivity contribution in [3.05, 3.63) is 0 Å². The molecule has 2 amide bonds. The number of hydrogen-bond acceptors (Lipinski definition) is 12. The molecule has 2 rings (SSSR count). The number of aliphatic hydroxyl groups is 8. The van der Waals surface area contributed by atoms with E-state index >= 15 is 0 Å². The lowest BCUT2D eigenvalue weighted by molar-refractivity contribution is -0.236. The lowest BCUT2D eigenvalue weighted by Crippen LogP contribution is -2.63. The van der Waals surface area contributed by atoms with Crippen LogP contribution in [0.5, 0.6) is 0 Å². The molecule has 0 unspecified atom stereocenters. The highest BCUT2D eigenvalue weighted by Gasteiger charge is 2.45. The number of nitrogens with one attached hydrogen (secondary N) is 2. The van der Waals surface area contributed by atoms with Crippen LogP contribution in [0.1, 0.15) is 77.0 Å². The molecule has 2 saturated heterocycles. The molecule has 2 fully saturated rings. The maximum atomic E-state index is 12.1. The van der Waals surface area contributed by atoms with E-state index in [4.69, 9.17) is 9.47 Å². The normalized spacial score (nSPS) is 34.4. The predicted molar refractivity (Wildman–Crippen MR) is 139 cm³/mol. The first-order valence-electron chi connectivity index (χ1n) is 14.3. The van der Waals surface area contributed by atoms with Crippen molar-refractivity contribution in [2.24, 2.45) is 0 Å². The Morgan fingerprint density at radius 2 is 0.775 bits per heavy atom. The zero-order valence-corrected chi connectivity index (χ0v) is 22.9. The maximum Gasteiger partial charge on any atom is 0.222 e. The first kappa shape index (κ1) is 34.7. The summed E-state index contributed by atoms with van der Waals surface area (Å²) in [5, 5.41) is 82.5. The first-order chi connectivity index (χ1) is 19.1. The van der Waals surface area contributed by atoms with Gasteiger partial charge in [0.25, 0.3) is 0 Å². The summed E-state index contributed by atoms with van der Waals surface area (Å²) in [5.41, 5.74) is 0. The van der Waals surface area contributed by atoms with Gasteiger partial charge in [0, 0.05) is 12.8 Å². The van der Waals surface area contributed by atoms with Gasteiger partial charge < -0.3 is 61.0 Å². The van der Waals surface area contributed by atoms with Crippen LogP contribution in [-0.2, 0) is 19.1 Å². The summed E-state index contributed by atoms with van der Waals surface area (Å²) >= 11 is 0. The van der Waals surface area contributed by atoms with Crippen LogP contribution in [0.2, 0.25) is 0 Å². The third kappa shape index (κ3) is 10.7. The van der Waals surface area contributed by atoms with Gasteiger partial charge in [-0.2, -0.15) is 0 Å². The number of amides is 2. The summed E-state index contributed by atoms with van der Waals surface area (Å²) in [4.78, 5) is 24.3. The minimum atomic E-state index is -1.53. The van der Waals surface area contributed by atoms with E-state index in [-0.39, 0.29) is 24.7 Å². The molecule has 0 aromatic carbocycles. The summed E-state index contributed by atoms with van der Waals surface area (Å²) in [6.45, 7) is -1.11. The molecule has 0 bridgehead atoms. The van der Waals surface area contributed by atoms with Crippen molar-refractivity contribution < 1.29 is 59.9 Å². The molecule has 0 aromatic heterocycles. The van der Waals surface area contributed by atoms with Gasteiger partial charge in [0.05, 0.1) is 13.2 Å². The fraction of sp³-hybridized carbons (Fsp3) is 0.923. The SMILES string of the molecule is O=C(CCCCCCCCCCCCC(=O)N[C@@H]1O[C@H](CO)[C@H](O)[C@H](O)[C@H]1O)N[C@@H]1O[C@H](CO)[C@H](O)[C@H](O)[C@H]1O. The Hall–Kier alpha value is -1.46. The molecule has 0 aliphatic carbocycles. The first-order valence-corrected chi connectivity index (χ1v) is 14.3. The van der Waals surface area contributed by atoms with Crippen LogP contribution in [0.3, 0.4) is 0 Å². The van der Waals surface area contributed by atoms with Crippen molar-refractivity contribution in [1.29, 1.82) is 0 Å². The van der Waals surface area contributed by atoms with Crippen molar-refractivity contribution in [3.63, 3.8) is 0 Å². The number of aliphatic hydroxyl groups excluding tert-OH is 8. The number of carbonyl (C=O) groups excluding carboxylic acids is 2. The Bertz CT molecular complexity index is 682. The molecular formula is C26H48N2O12. The molecule has 0 spiro atoms. The summed E-state index contributed by atoms with van der Waals surface area (Å²) in [6.07, 6.45) is -3.79. The van der Waals surface area contributed by atoms with Gasteiger partial charge in [0.2, 0.25) is 11.8 Å². The van der Waals surface area contributed by atoms with Gasteiger partial charge >= 0.3 is 0 Å². The summed E-state index contributed by atoms with van der Waals surface area (Å²) in [7, 11) is 0. The van der Waals surface area contributed by atoms with Crippen LogP contribution in [0.15, 0.2) is 0 Å². The number of unbranched alkanes of at least 4 members (excludes halogenated alkanes) is 9.